The molecule has 1 aromatic carbocycles. The molecule has 0 atom stereocenters. The van der Waals surface area contributed by atoms with Gasteiger partial charge in [-0.15, -0.1) is 0 Å². The van der Waals surface area contributed by atoms with Gasteiger partial charge in [-0.25, -0.2) is 13.2 Å². The Bertz CT molecular complexity index is 273. The standard InChI is InChI=1S/C8H8F3N/c1-12-7-3-2-5(8(10)11)4-6(7)9/h2-4,8,12H,1H3. The second kappa shape index (κ2) is 3.47. The Balaban J connectivity index is 3.02. The van der Waals surface area contributed by atoms with Gasteiger partial charge >= 0.3 is 0 Å². The van der Waals surface area contributed by atoms with Crippen LogP contribution in [-0.4, -0.2) is 7.05 Å². The monoisotopic (exact) mass is 175 g/mol. The van der Waals surface area contributed by atoms with Crippen molar-refractivity contribution in [2.75, 3.05) is 12.4 Å². The third kappa shape index (κ3) is 1.69. The van der Waals surface area contributed by atoms with Crippen molar-refractivity contribution >= 4 is 5.69 Å². The molecule has 0 aliphatic rings. The van der Waals surface area contributed by atoms with Crippen molar-refractivity contribution in [3.63, 3.8) is 0 Å². The average molecular weight is 175 g/mol. The zero-order chi connectivity index (χ0) is 9.14. The van der Waals surface area contributed by atoms with E-state index in [1.165, 1.54) is 19.2 Å². The van der Waals surface area contributed by atoms with E-state index in [1.54, 1.807) is 0 Å². The number of hydrogen-bond acceptors (Lipinski definition) is 1. The van der Waals surface area contributed by atoms with Gasteiger partial charge in [0.1, 0.15) is 5.82 Å². The molecule has 0 fully saturated rings. The van der Waals surface area contributed by atoms with Crippen LogP contribution >= 0.6 is 0 Å². The number of alkyl halides is 2. The summed E-state index contributed by atoms with van der Waals surface area (Å²) in [5, 5.41) is 2.54. The van der Waals surface area contributed by atoms with Gasteiger partial charge in [-0.2, -0.15) is 0 Å². The molecule has 1 rings (SSSR count). The molecule has 1 aromatic rings. The molecule has 1 nitrogen and oxygen atoms in total. The molecule has 0 saturated carbocycles. The predicted molar refractivity (Wildman–Crippen MR) is 40.9 cm³/mol. The Hall–Kier alpha value is -1.19. The van der Waals surface area contributed by atoms with Crippen LogP contribution in [-0.2, 0) is 0 Å². The summed E-state index contributed by atoms with van der Waals surface area (Å²) in [5.74, 6) is -0.657. The number of nitrogens with one attached hydrogen (secondary N) is 1. The quantitative estimate of drug-likeness (QED) is 0.728. The largest absolute Gasteiger partial charge is 0.386 e. The Morgan fingerprint density at radius 3 is 2.42 bits per heavy atom. The van der Waals surface area contributed by atoms with Crippen LogP contribution in [0.15, 0.2) is 18.2 Å². The summed E-state index contributed by atoms with van der Waals surface area (Å²) in [7, 11) is 1.53. The van der Waals surface area contributed by atoms with Gasteiger partial charge in [0.05, 0.1) is 5.69 Å². The summed E-state index contributed by atoms with van der Waals surface area (Å²) in [5.41, 5.74) is -0.0779. The molecular weight excluding hydrogens is 167 g/mol. The lowest BCUT2D eigenvalue weighted by atomic mass is 10.2. The van der Waals surface area contributed by atoms with E-state index in [9.17, 15) is 13.2 Å². The van der Waals surface area contributed by atoms with Crippen LogP contribution in [0.4, 0.5) is 18.9 Å². The summed E-state index contributed by atoms with van der Waals surface area (Å²) in [6, 6.07) is 3.31. The molecule has 0 unspecified atom stereocenters. The maximum absolute atomic E-state index is 12.8. The van der Waals surface area contributed by atoms with Gasteiger partial charge in [0.25, 0.3) is 6.43 Å². The Morgan fingerprint density at radius 2 is 2.00 bits per heavy atom. The third-order valence-corrected chi connectivity index (χ3v) is 1.51. The SMILES string of the molecule is CNc1ccc(C(F)F)cc1F. The molecular formula is C8H8F3N. The number of hydrogen-bond donors (Lipinski definition) is 1. The van der Waals surface area contributed by atoms with E-state index in [-0.39, 0.29) is 11.3 Å². The van der Waals surface area contributed by atoms with Crippen LogP contribution in [0.25, 0.3) is 0 Å². The molecule has 4 heteroatoms. The number of halogens is 3. The van der Waals surface area contributed by atoms with Gasteiger partial charge in [-0.3, -0.25) is 0 Å². The maximum Gasteiger partial charge on any atom is 0.263 e. The number of anilines is 1. The smallest absolute Gasteiger partial charge is 0.263 e. The minimum atomic E-state index is -2.62. The molecule has 0 aromatic heterocycles. The van der Waals surface area contributed by atoms with Gasteiger partial charge in [0.2, 0.25) is 0 Å². The zero-order valence-electron chi connectivity index (χ0n) is 6.44. The lowest BCUT2D eigenvalue weighted by molar-refractivity contribution is 0.151. The van der Waals surface area contributed by atoms with Gasteiger partial charge in [0, 0.05) is 12.6 Å². The molecule has 0 saturated heterocycles. The first-order valence-corrected chi connectivity index (χ1v) is 3.40. The summed E-state index contributed by atoms with van der Waals surface area (Å²) < 4.78 is 36.8. The fourth-order valence-electron chi connectivity index (χ4n) is 0.870. The van der Waals surface area contributed by atoms with E-state index in [4.69, 9.17) is 0 Å². The van der Waals surface area contributed by atoms with Gasteiger partial charge in [0.15, 0.2) is 0 Å². The van der Waals surface area contributed by atoms with Crippen LogP contribution in [0.2, 0.25) is 0 Å². The van der Waals surface area contributed by atoms with Crippen LogP contribution < -0.4 is 5.32 Å². The molecule has 0 heterocycles. The first kappa shape index (κ1) is 8.90. The maximum atomic E-state index is 12.8. The molecule has 1 N–H and O–H groups in total. The van der Waals surface area contributed by atoms with E-state index in [1.807, 2.05) is 0 Å². The van der Waals surface area contributed by atoms with Crippen molar-refractivity contribution in [2.45, 2.75) is 6.43 Å². The van der Waals surface area contributed by atoms with Crippen molar-refractivity contribution in [3.8, 4) is 0 Å². The predicted octanol–water partition coefficient (Wildman–Crippen LogP) is 2.81. The second-order valence-electron chi connectivity index (χ2n) is 2.29. The third-order valence-electron chi connectivity index (χ3n) is 1.51. The first-order chi connectivity index (χ1) is 5.65. The molecule has 66 valence electrons. The fraction of sp³-hybridized carbons (Fsp3) is 0.250. The minimum Gasteiger partial charge on any atom is -0.386 e. The highest BCUT2D eigenvalue weighted by Gasteiger charge is 2.09. The number of benzene rings is 1. The Morgan fingerprint density at radius 1 is 1.33 bits per heavy atom. The summed E-state index contributed by atoms with van der Waals surface area (Å²) in [6.45, 7) is 0. The van der Waals surface area contributed by atoms with Gasteiger partial charge in [-0.1, -0.05) is 6.07 Å². The highest BCUT2D eigenvalue weighted by molar-refractivity contribution is 5.45. The number of rotatable bonds is 2. The molecule has 0 radical (unpaired) electrons. The summed E-state index contributed by atoms with van der Waals surface area (Å²) in [4.78, 5) is 0. The van der Waals surface area contributed by atoms with Crippen LogP contribution in [0.3, 0.4) is 0 Å². The molecule has 0 aliphatic carbocycles. The lowest BCUT2D eigenvalue weighted by Crippen LogP contribution is -1.94. The molecule has 0 amide bonds. The van der Waals surface area contributed by atoms with Gasteiger partial charge < -0.3 is 5.32 Å². The van der Waals surface area contributed by atoms with E-state index >= 15 is 0 Å². The van der Waals surface area contributed by atoms with E-state index < -0.39 is 12.2 Å². The van der Waals surface area contributed by atoms with E-state index in [2.05, 4.69) is 5.32 Å². The Labute approximate surface area is 68.2 Å². The van der Waals surface area contributed by atoms with Crippen molar-refractivity contribution in [1.82, 2.24) is 0 Å². The van der Waals surface area contributed by atoms with Crippen molar-refractivity contribution < 1.29 is 13.2 Å². The van der Waals surface area contributed by atoms with E-state index in [0.29, 0.717) is 0 Å². The first-order valence-electron chi connectivity index (χ1n) is 3.40. The van der Waals surface area contributed by atoms with Crippen LogP contribution in [0, 0.1) is 5.82 Å². The minimum absolute atomic E-state index is 0.222. The van der Waals surface area contributed by atoms with Crippen molar-refractivity contribution in [3.05, 3.63) is 29.6 Å². The molecule has 0 bridgehead atoms. The lowest BCUT2D eigenvalue weighted by Gasteiger charge is -2.03. The molecule has 0 spiro atoms. The van der Waals surface area contributed by atoms with Crippen molar-refractivity contribution in [1.29, 1.82) is 0 Å². The zero-order valence-corrected chi connectivity index (χ0v) is 6.44. The molecule has 12 heavy (non-hydrogen) atoms. The van der Waals surface area contributed by atoms with Gasteiger partial charge in [-0.05, 0) is 12.1 Å². The van der Waals surface area contributed by atoms with E-state index in [0.717, 1.165) is 6.07 Å². The fourth-order valence-corrected chi connectivity index (χ4v) is 0.870. The topological polar surface area (TPSA) is 12.0 Å². The summed E-state index contributed by atoms with van der Waals surface area (Å²) in [6.07, 6.45) is -2.62. The average Bonchev–Trinajstić information content (AvgIpc) is 2.04. The van der Waals surface area contributed by atoms with Crippen LogP contribution in [0.1, 0.15) is 12.0 Å². The summed E-state index contributed by atoms with van der Waals surface area (Å²) >= 11 is 0. The normalized spacial score (nSPS) is 10.4. The Kier molecular flexibility index (Phi) is 2.58. The van der Waals surface area contributed by atoms with Crippen molar-refractivity contribution in [2.24, 2.45) is 0 Å². The molecule has 0 aliphatic heterocycles. The van der Waals surface area contributed by atoms with Crippen LogP contribution in [0.5, 0.6) is 0 Å². The second-order valence-corrected chi connectivity index (χ2v) is 2.29. The highest BCUT2D eigenvalue weighted by atomic mass is 19.3. The highest BCUT2D eigenvalue weighted by Crippen LogP contribution is 2.22.